The van der Waals surface area contributed by atoms with Crippen LogP contribution in [0.15, 0.2) is 35.4 Å². The highest BCUT2D eigenvalue weighted by Gasteiger charge is 2.33. The quantitative estimate of drug-likeness (QED) is 0.706. The average molecular weight is 415 g/mol. The van der Waals surface area contributed by atoms with Crippen molar-refractivity contribution in [1.29, 1.82) is 0 Å². The number of aliphatic hydroxyl groups is 1. The van der Waals surface area contributed by atoms with E-state index in [0.29, 0.717) is 16.8 Å². The van der Waals surface area contributed by atoms with Crippen molar-refractivity contribution in [1.82, 2.24) is 14.5 Å². The molecular weight excluding hydrogens is 388 g/mol. The first-order valence-corrected chi connectivity index (χ1v) is 11.6. The first-order valence-electron chi connectivity index (χ1n) is 9.74. The monoisotopic (exact) mass is 414 g/mol. The third-order valence-electron chi connectivity index (χ3n) is 5.67. The molecular formula is C21H26N4O3S. The number of hydrogen-bond donors (Lipinski definition) is 1. The maximum Gasteiger partial charge on any atom is 0.226 e. The van der Waals surface area contributed by atoms with Crippen LogP contribution in [0.1, 0.15) is 36.8 Å². The minimum absolute atomic E-state index is 0.0669. The second-order valence-electron chi connectivity index (χ2n) is 8.03. The Morgan fingerprint density at radius 1 is 1.24 bits per heavy atom. The molecule has 7 nitrogen and oxygen atoms in total. The smallest absolute Gasteiger partial charge is 0.226 e. The molecule has 0 fully saturated rings. The molecule has 1 aromatic carbocycles. The van der Waals surface area contributed by atoms with E-state index >= 15 is 0 Å². The molecule has 3 aromatic rings. The largest absolute Gasteiger partial charge is 0.392 e. The lowest BCUT2D eigenvalue weighted by Crippen LogP contribution is -2.41. The summed E-state index contributed by atoms with van der Waals surface area (Å²) in [6.07, 6.45) is 2.93. The number of fused-ring (bicyclic) bond motifs is 3. The number of aryl methyl sites for hydroxylation is 1. The van der Waals surface area contributed by atoms with Crippen molar-refractivity contribution in [2.45, 2.75) is 44.9 Å². The summed E-state index contributed by atoms with van der Waals surface area (Å²) < 4.78 is 26.2. The molecule has 154 valence electrons. The molecule has 3 heterocycles. The molecule has 29 heavy (non-hydrogen) atoms. The molecule has 1 atom stereocenters. The highest BCUT2D eigenvalue weighted by atomic mass is 32.2. The Morgan fingerprint density at radius 3 is 2.62 bits per heavy atom. The van der Waals surface area contributed by atoms with Gasteiger partial charge in [-0.15, -0.1) is 0 Å². The van der Waals surface area contributed by atoms with Gasteiger partial charge in [0.05, 0.1) is 17.5 Å². The van der Waals surface area contributed by atoms with E-state index < -0.39 is 9.84 Å². The predicted molar refractivity (Wildman–Crippen MR) is 113 cm³/mol. The Kier molecular flexibility index (Phi) is 4.86. The lowest BCUT2D eigenvalue weighted by molar-refractivity contribution is 0.280. The maximum absolute atomic E-state index is 12.0. The van der Waals surface area contributed by atoms with Crippen molar-refractivity contribution in [3.05, 3.63) is 47.4 Å². The van der Waals surface area contributed by atoms with Gasteiger partial charge < -0.3 is 14.6 Å². The second-order valence-corrected chi connectivity index (χ2v) is 10.1. The Labute approximate surface area is 170 Å². The molecule has 0 spiro atoms. The number of nitrogens with zero attached hydrogens (tertiary/aromatic N) is 4. The van der Waals surface area contributed by atoms with E-state index in [9.17, 15) is 13.5 Å². The van der Waals surface area contributed by atoms with Crippen molar-refractivity contribution in [3.63, 3.8) is 0 Å². The minimum atomic E-state index is -3.26. The molecule has 1 aliphatic rings. The number of rotatable bonds is 4. The lowest BCUT2D eigenvalue weighted by atomic mass is 9.97. The van der Waals surface area contributed by atoms with Gasteiger partial charge in [0, 0.05) is 53.4 Å². The summed E-state index contributed by atoms with van der Waals surface area (Å²) in [5.74, 6) is 0.959. The van der Waals surface area contributed by atoms with Gasteiger partial charge in [-0.2, -0.15) is 0 Å². The van der Waals surface area contributed by atoms with E-state index in [0.717, 1.165) is 40.9 Å². The predicted octanol–water partition coefficient (Wildman–Crippen LogP) is 2.85. The Bertz CT molecular complexity index is 1180. The number of aromatic nitrogens is 3. The molecule has 0 amide bonds. The van der Waals surface area contributed by atoms with Crippen LogP contribution >= 0.6 is 0 Å². The highest BCUT2D eigenvalue weighted by Crippen LogP contribution is 2.38. The molecule has 1 unspecified atom stereocenters. The Balaban J connectivity index is 1.83. The van der Waals surface area contributed by atoms with E-state index in [-0.39, 0.29) is 12.6 Å². The lowest BCUT2D eigenvalue weighted by Gasteiger charge is -2.39. The topological polar surface area (TPSA) is 88.3 Å². The van der Waals surface area contributed by atoms with Crippen molar-refractivity contribution in [3.8, 4) is 0 Å². The fourth-order valence-corrected chi connectivity index (χ4v) is 4.83. The van der Waals surface area contributed by atoms with Crippen molar-refractivity contribution >= 4 is 26.7 Å². The van der Waals surface area contributed by atoms with Gasteiger partial charge in [-0.3, -0.25) is 0 Å². The maximum atomic E-state index is 12.0. The van der Waals surface area contributed by atoms with Crippen LogP contribution in [-0.4, -0.2) is 40.9 Å². The van der Waals surface area contributed by atoms with Gasteiger partial charge in [-0.25, -0.2) is 18.4 Å². The van der Waals surface area contributed by atoms with E-state index in [4.69, 9.17) is 0 Å². The van der Waals surface area contributed by atoms with Gasteiger partial charge in [0.2, 0.25) is 5.95 Å². The molecule has 1 aliphatic heterocycles. The van der Waals surface area contributed by atoms with Crippen LogP contribution in [0.4, 0.5) is 5.95 Å². The summed E-state index contributed by atoms with van der Waals surface area (Å²) in [6.45, 7) is 7.59. The normalized spacial score (nSPS) is 17.2. The number of hydrogen-bond acceptors (Lipinski definition) is 6. The first kappa shape index (κ1) is 19.8. The summed E-state index contributed by atoms with van der Waals surface area (Å²) in [4.78, 5) is 11.7. The summed E-state index contributed by atoms with van der Waals surface area (Å²) in [7, 11) is -3.26. The zero-order valence-electron chi connectivity index (χ0n) is 17.1. The van der Waals surface area contributed by atoms with Gasteiger partial charge in [0.15, 0.2) is 9.84 Å². The Morgan fingerprint density at radius 2 is 2.00 bits per heavy atom. The number of sulfone groups is 1. The third kappa shape index (κ3) is 3.40. The highest BCUT2D eigenvalue weighted by molar-refractivity contribution is 7.90. The molecule has 1 N–H and O–H groups in total. The second kappa shape index (κ2) is 7.11. The van der Waals surface area contributed by atoms with Crippen molar-refractivity contribution < 1.29 is 13.5 Å². The van der Waals surface area contributed by atoms with Crippen LogP contribution in [0.3, 0.4) is 0 Å². The van der Waals surface area contributed by atoms with Gasteiger partial charge in [-0.05, 0) is 31.0 Å². The Hall–Kier alpha value is -2.45. The first-order chi connectivity index (χ1) is 13.7. The molecule has 0 saturated heterocycles. The molecule has 2 aromatic heterocycles. The van der Waals surface area contributed by atoms with Gasteiger partial charge in [0.1, 0.15) is 0 Å². The van der Waals surface area contributed by atoms with Crippen LogP contribution < -0.4 is 4.90 Å². The van der Waals surface area contributed by atoms with Crippen molar-refractivity contribution in [2.75, 3.05) is 17.7 Å². The van der Waals surface area contributed by atoms with Crippen LogP contribution in [0.5, 0.6) is 0 Å². The van der Waals surface area contributed by atoms with Gasteiger partial charge in [-0.1, -0.05) is 19.9 Å². The standard InChI is InChI=1S/C21H26N4O3S/c1-13(2)20-19-9-15-5-6-17(29(4,27)28)10-18(15)24(19)7-8-25(20)21-22-11-16(12-26)14(3)23-21/h5-6,9-11,13,20,26H,7-8,12H2,1-4H3. The third-order valence-corrected chi connectivity index (χ3v) is 6.78. The zero-order chi connectivity index (χ0) is 20.9. The number of anilines is 1. The van der Waals surface area contributed by atoms with Crippen LogP contribution in [-0.2, 0) is 23.0 Å². The number of aliphatic hydroxyl groups excluding tert-OH is 1. The van der Waals surface area contributed by atoms with Crippen LogP contribution in [0, 0.1) is 12.8 Å². The SMILES string of the molecule is Cc1nc(N2CCn3c(cc4ccc(S(C)(=O)=O)cc43)C2C(C)C)ncc1CO. The van der Waals surface area contributed by atoms with Gasteiger partial charge in [0.25, 0.3) is 0 Å². The van der Waals surface area contributed by atoms with E-state index in [1.165, 1.54) is 6.26 Å². The summed E-state index contributed by atoms with van der Waals surface area (Å²) in [5.41, 5.74) is 3.60. The molecule has 0 bridgehead atoms. The minimum Gasteiger partial charge on any atom is -0.392 e. The van der Waals surface area contributed by atoms with Crippen LogP contribution in [0.25, 0.3) is 10.9 Å². The zero-order valence-corrected chi connectivity index (χ0v) is 17.9. The molecule has 0 aliphatic carbocycles. The molecule has 0 saturated carbocycles. The van der Waals surface area contributed by atoms with E-state index in [1.807, 2.05) is 13.0 Å². The molecule has 0 radical (unpaired) electrons. The molecule has 8 heteroatoms. The summed E-state index contributed by atoms with van der Waals surface area (Å²) in [5, 5.41) is 10.4. The molecule has 4 rings (SSSR count). The van der Waals surface area contributed by atoms with E-state index in [1.54, 1.807) is 18.3 Å². The van der Waals surface area contributed by atoms with Gasteiger partial charge >= 0.3 is 0 Å². The number of benzene rings is 1. The fraction of sp³-hybridized carbons (Fsp3) is 0.429. The average Bonchev–Trinajstić information content (AvgIpc) is 3.04. The van der Waals surface area contributed by atoms with Crippen LogP contribution in [0.2, 0.25) is 0 Å². The fourth-order valence-electron chi connectivity index (χ4n) is 4.19. The van der Waals surface area contributed by atoms with Crippen molar-refractivity contribution in [2.24, 2.45) is 5.92 Å². The summed E-state index contributed by atoms with van der Waals surface area (Å²) >= 11 is 0. The summed E-state index contributed by atoms with van der Waals surface area (Å²) in [6, 6.07) is 7.55. The van der Waals surface area contributed by atoms with E-state index in [2.05, 4.69) is 39.3 Å².